The van der Waals surface area contributed by atoms with Crippen molar-refractivity contribution in [2.45, 2.75) is 69.0 Å². The van der Waals surface area contributed by atoms with Crippen molar-refractivity contribution in [2.24, 2.45) is 11.5 Å². The number of aliphatic hydroxyl groups is 2. The summed E-state index contributed by atoms with van der Waals surface area (Å²) in [5.74, 6) is 0.145. The molecule has 2 aliphatic heterocycles. The number of hydrogen-bond donors (Lipinski definition) is 7. The van der Waals surface area contributed by atoms with E-state index in [1.54, 1.807) is 13.8 Å². The van der Waals surface area contributed by atoms with E-state index in [0.29, 0.717) is 0 Å². The average Bonchev–Trinajstić information content (AvgIpc) is 2.97. The van der Waals surface area contributed by atoms with E-state index < -0.39 is 56.8 Å². The highest BCUT2D eigenvalue weighted by molar-refractivity contribution is 7.80. The summed E-state index contributed by atoms with van der Waals surface area (Å²) < 4.78 is 33.6. The molecule has 2 aliphatic rings. The van der Waals surface area contributed by atoms with Gasteiger partial charge in [0, 0.05) is 12.3 Å². The zero-order valence-corrected chi connectivity index (χ0v) is 16.3. The lowest BCUT2D eigenvalue weighted by molar-refractivity contribution is -0.0645. The van der Waals surface area contributed by atoms with Crippen molar-refractivity contribution in [3.63, 3.8) is 0 Å². The van der Waals surface area contributed by atoms with Gasteiger partial charge >= 0.3 is 7.75 Å². The van der Waals surface area contributed by atoms with Gasteiger partial charge in [0.2, 0.25) is 0 Å². The first-order chi connectivity index (χ1) is 12.1. The first kappa shape index (κ1) is 22.5. The summed E-state index contributed by atoms with van der Waals surface area (Å²) in [6.07, 6.45) is -7.94. The summed E-state index contributed by atoms with van der Waals surface area (Å²) in [5, 5.41) is 22.3. The lowest BCUT2D eigenvalue weighted by atomic mass is 10.1. The highest BCUT2D eigenvalue weighted by Crippen LogP contribution is 2.42. The second-order valence-corrected chi connectivity index (χ2v) is 8.48. The van der Waals surface area contributed by atoms with Crippen LogP contribution in [0.2, 0.25) is 0 Å². The highest BCUT2D eigenvalue weighted by Gasteiger charge is 2.47. The Morgan fingerprint density at radius 3 is 2.23 bits per heavy atom. The Labute approximate surface area is 157 Å². The topological polar surface area (TPSA) is 179 Å². The molecule has 9 atom stereocenters. The van der Waals surface area contributed by atoms with Gasteiger partial charge in [0.25, 0.3) is 0 Å². The molecule has 13 heteroatoms. The summed E-state index contributed by atoms with van der Waals surface area (Å²) in [5.41, 5.74) is 11.2. The summed E-state index contributed by atoms with van der Waals surface area (Å²) in [6, 6.07) is 0. The van der Waals surface area contributed by atoms with Crippen LogP contribution >= 0.6 is 20.4 Å². The Hall–Kier alpha value is 0.180. The van der Waals surface area contributed by atoms with Crippen LogP contribution in [0.5, 0.6) is 0 Å². The van der Waals surface area contributed by atoms with Crippen LogP contribution in [0, 0.1) is 0 Å². The fraction of sp³-hybridized carbons (Fsp3) is 1.00. The van der Waals surface area contributed by atoms with Gasteiger partial charge in [0.15, 0.2) is 0 Å². The van der Waals surface area contributed by atoms with E-state index in [2.05, 4.69) is 17.7 Å². The maximum atomic E-state index is 12.3. The molecule has 5 unspecified atom stereocenters. The predicted molar refractivity (Wildman–Crippen MR) is 94.3 cm³/mol. The number of nitrogens with two attached hydrogens (primary N) is 2. The molecule has 0 aromatic heterocycles. The number of hydrogen-bond acceptors (Lipinski definition) is 10. The number of thiol groups is 1. The lowest BCUT2D eigenvalue weighted by Gasteiger charge is -2.26. The van der Waals surface area contributed by atoms with E-state index in [1.807, 2.05) is 0 Å². The minimum atomic E-state index is -4.35. The molecule has 0 saturated carbocycles. The quantitative estimate of drug-likeness (QED) is 0.169. The van der Waals surface area contributed by atoms with Gasteiger partial charge in [-0.15, -0.1) is 0 Å². The van der Waals surface area contributed by atoms with E-state index in [9.17, 15) is 19.7 Å². The number of ether oxygens (including phenoxy) is 3. The molecule has 0 aliphatic carbocycles. The van der Waals surface area contributed by atoms with Crippen LogP contribution in [0.3, 0.4) is 0 Å². The third kappa shape index (κ3) is 5.37. The van der Waals surface area contributed by atoms with E-state index in [0.717, 1.165) is 0 Å². The van der Waals surface area contributed by atoms with Crippen LogP contribution in [0.15, 0.2) is 0 Å². The first-order valence-electron chi connectivity index (χ1n) is 8.26. The second-order valence-electron chi connectivity index (χ2n) is 6.54. The van der Waals surface area contributed by atoms with Crippen LogP contribution in [-0.2, 0) is 23.3 Å². The largest absolute Gasteiger partial charge is 0.403 e. The van der Waals surface area contributed by atoms with Crippen LogP contribution in [-0.4, -0.2) is 82.6 Å². The van der Waals surface area contributed by atoms with E-state index >= 15 is 0 Å². The maximum Gasteiger partial charge on any atom is 0.403 e. The van der Waals surface area contributed by atoms with E-state index in [4.69, 9.17) is 30.2 Å². The standard InChI is InChI=1S/C13H28N3O8PS/c1-5(2)21-10-6(22-12(14)8(10)17)3-16-25(19,20)24-11-7(4-26)23-13(15)9(11)18/h5-13,17-18,26H,3-4,14-15H2,1-2H3,(H2,16,19,20)/t6-,7-,8?,9?,10?,11?,12-,13-/m1/s1. The Morgan fingerprint density at radius 2 is 1.69 bits per heavy atom. The average molecular weight is 417 g/mol. The predicted octanol–water partition coefficient (Wildman–Crippen LogP) is -2.13. The van der Waals surface area contributed by atoms with Crippen LogP contribution < -0.4 is 16.6 Å². The third-order valence-corrected chi connectivity index (χ3v) is 5.58. The van der Waals surface area contributed by atoms with Gasteiger partial charge in [0.1, 0.15) is 43.0 Å². The molecule has 2 heterocycles. The third-order valence-electron chi connectivity index (χ3n) is 4.11. The smallest absolute Gasteiger partial charge is 0.386 e. The van der Waals surface area contributed by atoms with Crippen molar-refractivity contribution < 1.29 is 38.4 Å². The Kier molecular flexibility index (Phi) is 7.88. The Morgan fingerprint density at radius 1 is 1.15 bits per heavy atom. The number of rotatable bonds is 8. The molecule has 2 rings (SSSR count). The molecule has 0 bridgehead atoms. The Balaban J connectivity index is 1.95. The molecule has 0 aromatic rings. The summed E-state index contributed by atoms with van der Waals surface area (Å²) >= 11 is 4.05. The van der Waals surface area contributed by atoms with Gasteiger partial charge in [-0.1, -0.05) is 0 Å². The molecule has 0 aromatic carbocycles. The van der Waals surface area contributed by atoms with Crippen molar-refractivity contribution in [2.75, 3.05) is 12.3 Å². The minimum Gasteiger partial charge on any atom is -0.386 e. The van der Waals surface area contributed by atoms with Gasteiger partial charge in [-0.3, -0.25) is 4.52 Å². The van der Waals surface area contributed by atoms with Gasteiger partial charge in [0.05, 0.1) is 12.2 Å². The second kappa shape index (κ2) is 9.12. The number of nitrogens with one attached hydrogen (secondary N) is 1. The molecule has 2 saturated heterocycles. The van der Waals surface area contributed by atoms with Crippen molar-refractivity contribution in [3.05, 3.63) is 0 Å². The molecule has 0 amide bonds. The molecular formula is C13H28N3O8PS. The summed E-state index contributed by atoms with van der Waals surface area (Å²) in [7, 11) is -4.35. The number of aliphatic hydroxyl groups excluding tert-OH is 2. The van der Waals surface area contributed by atoms with Crippen molar-refractivity contribution in [1.82, 2.24) is 5.09 Å². The SMILES string of the molecule is CC(C)OC1C(O)[C@H](N)O[C@@H]1CNP(=O)(O)OC1C(O)[C@H](N)O[C@@H]1CS. The highest BCUT2D eigenvalue weighted by atomic mass is 32.1. The molecule has 154 valence electrons. The van der Waals surface area contributed by atoms with Crippen LogP contribution in [0.1, 0.15) is 13.8 Å². The molecular weight excluding hydrogens is 389 g/mol. The van der Waals surface area contributed by atoms with Gasteiger partial charge in [-0.05, 0) is 13.8 Å². The van der Waals surface area contributed by atoms with E-state index in [1.165, 1.54) is 0 Å². The lowest BCUT2D eigenvalue weighted by Crippen LogP contribution is -2.42. The fourth-order valence-corrected chi connectivity index (χ4v) is 4.23. The van der Waals surface area contributed by atoms with Gasteiger partial charge in [-0.25, -0.2) is 9.65 Å². The Bertz CT molecular complexity index is 518. The maximum absolute atomic E-state index is 12.3. The molecule has 8 N–H and O–H groups in total. The molecule has 2 fully saturated rings. The monoisotopic (exact) mass is 417 g/mol. The summed E-state index contributed by atoms with van der Waals surface area (Å²) in [6.45, 7) is 3.39. The zero-order valence-electron chi connectivity index (χ0n) is 14.5. The molecule has 26 heavy (non-hydrogen) atoms. The van der Waals surface area contributed by atoms with Crippen molar-refractivity contribution in [1.29, 1.82) is 0 Å². The zero-order chi connectivity index (χ0) is 19.6. The fourth-order valence-electron chi connectivity index (χ4n) is 2.86. The molecule has 0 radical (unpaired) electrons. The van der Waals surface area contributed by atoms with Crippen LogP contribution in [0.25, 0.3) is 0 Å². The van der Waals surface area contributed by atoms with Gasteiger partial charge in [-0.2, -0.15) is 12.6 Å². The van der Waals surface area contributed by atoms with E-state index in [-0.39, 0.29) is 18.4 Å². The minimum absolute atomic E-state index is 0.145. The molecule has 0 spiro atoms. The van der Waals surface area contributed by atoms with Crippen LogP contribution in [0.4, 0.5) is 0 Å². The molecule has 11 nitrogen and oxygen atoms in total. The van der Waals surface area contributed by atoms with Gasteiger partial charge < -0.3 is 40.8 Å². The van der Waals surface area contributed by atoms with Crippen molar-refractivity contribution >= 4 is 20.4 Å². The first-order valence-corrected chi connectivity index (χ1v) is 10.5. The normalized spacial score (nSPS) is 43.1. The summed E-state index contributed by atoms with van der Waals surface area (Å²) in [4.78, 5) is 10.1. The van der Waals surface area contributed by atoms with Crippen molar-refractivity contribution in [3.8, 4) is 0 Å².